The lowest BCUT2D eigenvalue weighted by Crippen LogP contribution is -2.16. The summed E-state index contributed by atoms with van der Waals surface area (Å²) in [6.07, 6.45) is 1.39. The molecule has 2 rings (SSSR count). The Kier molecular flexibility index (Phi) is 4.73. The maximum atomic E-state index is 11.6. The molecule has 0 unspecified atom stereocenters. The summed E-state index contributed by atoms with van der Waals surface area (Å²) < 4.78 is 1.34. The fourth-order valence-electron chi connectivity index (χ4n) is 1.31. The second-order valence-corrected chi connectivity index (χ2v) is 6.22. The minimum absolute atomic E-state index is 0.0670. The average Bonchev–Trinajstić information content (AvgIpc) is 2.88. The smallest absolute Gasteiger partial charge is 0.281 e. The first-order valence-corrected chi connectivity index (χ1v) is 7.59. The average molecular weight is 404 g/mol. The molecule has 0 radical (unpaired) electrons. The molecule has 1 amide bonds. The molecular formula is C12H8Br2N2O2S. The van der Waals surface area contributed by atoms with E-state index in [9.17, 15) is 9.90 Å². The number of carbonyl (C=O) groups is 1. The van der Waals surface area contributed by atoms with E-state index in [0.717, 1.165) is 4.47 Å². The second-order valence-electron chi connectivity index (χ2n) is 3.50. The zero-order valence-corrected chi connectivity index (χ0v) is 13.4. The van der Waals surface area contributed by atoms with E-state index in [2.05, 4.69) is 42.4 Å². The standard InChI is InChI=1S/C12H8Br2N2O2S/c13-8-4-7(11(17)9(14)5-8)6-15-16-12(18)10-2-1-3-19-10/h1-6,17H,(H,16,18)/b15-6-. The van der Waals surface area contributed by atoms with Gasteiger partial charge in [-0.05, 0) is 39.5 Å². The van der Waals surface area contributed by atoms with Gasteiger partial charge in [0.2, 0.25) is 0 Å². The number of hydrogen-bond acceptors (Lipinski definition) is 4. The molecule has 7 heteroatoms. The predicted molar refractivity (Wildman–Crippen MR) is 82.9 cm³/mol. The zero-order valence-electron chi connectivity index (χ0n) is 9.43. The molecule has 19 heavy (non-hydrogen) atoms. The molecular weight excluding hydrogens is 396 g/mol. The molecule has 0 atom stereocenters. The highest BCUT2D eigenvalue weighted by atomic mass is 79.9. The Balaban J connectivity index is 2.09. The first-order valence-electron chi connectivity index (χ1n) is 5.13. The third-order valence-electron chi connectivity index (χ3n) is 2.17. The molecule has 0 bridgehead atoms. The summed E-state index contributed by atoms with van der Waals surface area (Å²) >= 11 is 7.87. The molecule has 2 aromatic rings. The molecule has 0 aliphatic heterocycles. The monoisotopic (exact) mass is 402 g/mol. The van der Waals surface area contributed by atoms with Crippen LogP contribution in [0.2, 0.25) is 0 Å². The van der Waals surface area contributed by atoms with Crippen LogP contribution in [0.25, 0.3) is 0 Å². The SMILES string of the molecule is O=C(N/N=C\c1cc(Br)cc(Br)c1O)c1cccs1. The van der Waals surface area contributed by atoms with Crippen molar-refractivity contribution >= 4 is 55.3 Å². The van der Waals surface area contributed by atoms with Gasteiger partial charge in [0.25, 0.3) is 5.91 Å². The van der Waals surface area contributed by atoms with Gasteiger partial charge in [-0.15, -0.1) is 11.3 Å². The fourth-order valence-corrected chi connectivity index (χ4v) is 3.18. The lowest BCUT2D eigenvalue weighted by Gasteiger charge is -2.02. The number of aromatic hydroxyl groups is 1. The Morgan fingerprint density at radius 3 is 2.89 bits per heavy atom. The number of phenolic OH excluding ortho intramolecular Hbond substituents is 1. The van der Waals surface area contributed by atoms with E-state index < -0.39 is 0 Å². The van der Waals surface area contributed by atoms with Gasteiger partial charge in [0.1, 0.15) is 5.75 Å². The molecule has 1 heterocycles. The molecule has 2 N–H and O–H groups in total. The van der Waals surface area contributed by atoms with Gasteiger partial charge in [0.05, 0.1) is 15.6 Å². The molecule has 1 aromatic heterocycles. The number of nitrogens with one attached hydrogen (secondary N) is 1. The number of phenols is 1. The van der Waals surface area contributed by atoms with Gasteiger partial charge in [0.15, 0.2) is 0 Å². The fraction of sp³-hybridized carbons (Fsp3) is 0. The van der Waals surface area contributed by atoms with Crippen LogP contribution in [0.5, 0.6) is 5.75 Å². The highest BCUT2D eigenvalue weighted by molar-refractivity contribution is 9.11. The third-order valence-corrected chi connectivity index (χ3v) is 4.10. The van der Waals surface area contributed by atoms with Gasteiger partial charge < -0.3 is 5.11 Å². The van der Waals surface area contributed by atoms with Gasteiger partial charge in [-0.25, -0.2) is 5.43 Å². The summed E-state index contributed by atoms with van der Waals surface area (Å²) in [5.74, 6) is -0.211. The Bertz CT molecular complexity index is 627. The number of nitrogens with zero attached hydrogens (tertiary/aromatic N) is 1. The van der Waals surface area contributed by atoms with Crippen molar-refractivity contribution in [3.05, 3.63) is 49.0 Å². The molecule has 0 saturated carbocycles. The third kappa shape index (κ3) is 3.65. The second kappa shape index (κ2) is 6.31. The first kappa shape index (κ1) is 14.2. The summed E-state index contributed by atoms with van der Waals surface area (Å²) in [6, 6.07) is 6.92. The summed E-state index contributed by atoms with van der Waals surface area (Å²) in [7, 11) is 0. The van der Waals surface area contributed by atoms with Gasteiger partial charge in [-0.2, -0.15) is 5.10 Å². The lowest BCUT2D eigenvalue weighted by molar-refractivity contribution is 0.0959. The minimum Gasteiger partial charge on any atom is -0.506 e. The topological polar surface area (TPSA) is 61.7 Å². The molecule has 1 aromatic carbocycles. The van der Waals surface area contributed by atoms with Crippen LogP contribution < -0.4 is 5.43 Å². The highest BCUT2D eigenvalue weighted by Gasteiger charge is 2.06. The summed E-state index contributed by atoms with van der Waals surface area (Å²) in [6.45, 7) is 0. The summed E-state index contributed by atoms with van der Waals surface area (Å²) in [5, 5.41) is 15.4. The Morgan fingerprint density at radius 2 is 2.21 bits per heavy atom. The number of hydrogen-bond donors (Lipinski definition) is 2. The van der Waals surface area contributed by atoms with Crippen LogP contribution in [0.3, 0.4) is 0 Å². The Morgan fingerprint density at radius 1 is 1.42 bits per heavy atom. The van der Waals surface area contributed by atoms with Crippen molar-refractivity contribution in [2.24, 2.45) is 5.10 Å². The van der Waals surface area contributed by atoms with Crippen LogP contribution in [-0.4, -0.2) is 17.2 Å². The molecule has 0 spiro atoms. The van der Waals surface area contributed by atoms with Gasteiger partial charge in [-0.3, -0.25) is 4.79 Å². The van der Waals surface area contributed by atoms with Crippen molar-refractivity contribution in [1.82, 2.24) is 5.43 Å². The maximum Gasteiger partial charge on any atom is 0.281 e. The number of carbonyl (C=O) groups excluding carboxylic acids is 1. The van der Waals surface area contributed by atoms with E-state index in [4.69, 9.17) is 0 Å². The van der Waals surface area contributed by atoms with Crippen LogP contribution >= 0.6 is 43.2 Å². The van der Waals surface area contributed by atoms with E-state index in [1.54, 1.807) is 24.3 Å². The van der Waals surface area contributed by atoms with Crippen LogP contribution in [-0.2, 0) is 0 Å². The summed E-state index contributed by atoms with van der Waals surface area (Å²) in [4.78, 5) is 12.2. The molecule has 0 saturated heterocycles. The van der Waals surface area contributed by atoms with Gasteiger partial charge >= 0.3 is 0 Å². The lowest BCUT2D eigenvalue weighted by atomic mass is 10.2. The number of halogens is 2. The Hall–Kier alpha value is -1.18. The maximum absolute atomic E-state index is 11.6. The van der Waals surface area contributed by atoms with E-state index in [1.165, 1.54) is 17.6 Å². The minimum atomic E-state index is -0.278. The predicted octanol–water partition coefficient (Wildman–Crippen LogP) is 3.74. The van der Waals surface area contributed by atoms with Crippen LogP contribution in [0.15, 0.2) is 43.7 Å². The normalized spacial score (nSPS) is 10.8. The number of benzene rings is 1. The first-order chi connectivity index (χ1) is 9.08. The van der Waals surface area contributed by atoms with E-state index in [0.29, 0.717) is 14.9 Å². The van der Waals surface area contributed by atoms with Gasteiger partial charge in [0, 0.05) is 10.0 Å². The van der Waals surface area contributed by atoms with Crippen molar-refractivity contribution in [2.45, 2.75) is 0 Å². The van der Waals surface area contributed by atoms with E-state index in [1.807, 2.05) is 5.38 Å². The largest absolute Gasteiger partial charge is 0.506 e. The van der Waals surface area contributed by atoms with Crippen molar-refractivity contribution in [2.75, 3.05) is 0 Å². The van der Waals surface area contributed by atoms with Gasteiger partial charge in [-0.1, -0.05) is 22.0 Å². The number of amides is 1. The van der Waals surface area contributed by atoms with Crippen molar-refractivity contribution < 1.29 is 9.90 Å². The van der Waals surface area contributed by atoms with Crippen molar-refractivity contribution in [3.63, 3.8) is 0 Å². The highest BCUT2D eigenvalue weighted by Crippen LogP contribution is 2.30. The molecule has 0 fully saturated rings. The number of rotatable bonds is 3. The molecule has 4 nitrogen and oxygen atoms in total. The van der Waals surface area contributed by atoms with Crippen molar-refractivity contribution in [3.8, 4) is 5.75 Å². The zero-order chi connectivity index (χ0) is 13.8. The van der Waals surface area contributed by atoms with Crippen LogP contribution in [0.1, 0.15) is 15.2 Å². The molecule has 0 aliphatic rings. The summed E-state index contributed by atoms with van der Waals surface area (Å²) in [5.41, 5.74) is 2.89. The van der Waals surface area contributed by atoms with Crippen molar-refractivity contribution in [1.29, 1.82) is 0 Å². The van der Waals surface area contributed by atoms with E-state index in [-0.39, 0.29) is 11.7 Å². The number of hydrazone groups is 1. The van der Waals surface area contributed by atoms with E-state index >= 15 is 0 Å². The molecule has 0 aliphatic carbocycles. The Labute approximate surface area is 130 Å². The quantitative estimate of drug-likeness (QED) is 0.605. The van der Waals surface area contributed by atoms with Crippen LogP contribution in [0, 0.1) is 0 Å². The van der Waals surface area contributed by atoms with Crippen LogP contribution in [0.4, 0.5) is 0 Å². The molecule has 98 valence electrons. The number of thiophene rings is 1.